The Kier molecular flexibility index (Phi) is 3.84. The molecule has 1 fully saturated rings. The molecule has 1 N–H and O–H groups in total. The summed E-state index contributed by atoms with van der Waals surface area (Å²) in [5.41, 5.74) is 0. The van der Waals surface area contributed by atoms with Crippen molar-refractivity contribution in [2.24, 2.45) is 11.8 Å². The minimum absolute atomic E-state index is 0.706. The Morgan fingerprint density at radius 1 is 1.56 bits per heavy atom. The smallest absolute Gasteiger partial charge is 0.165 e. The highest BCUT2D eigenvalue weighted by Crippen LogP contribution is 2.38. The van der Waals surface area contributed by atoms with Gasteiger partial charge in [0, 0.05) is 20.2 Å². The molecule has 1 aliphatic rings. The van der Waals surface area contributed by atoms with E-state index in [1.54, 1.807) is 7.11 Å². The fraction of sp³-hybridized carbons (Fsp3) is 0.900. The lowest BCUT2D eigenvalue weighted by Gasteiger charge is -2.05. The van der Waals surface area contributed by atoms with Crippen molar-refractivity contribution in [3.63, 3.8) is 0 Å². The molecule has 2 atom stereocenters. The van der Waals surface area contributed by atoms with E-state index < -0.39 is 0 Å². The van der Waals surface area contributed by atoms with Crippen LogP contribution in [0.15, 0.2) is 0 Å². The summed E-state index contributed by atoms with van der Waals surface area (Å²) in [4.78, 5) is 0. The van der Waals surface area contributed by atoms with E-state index in [1.807, 2.05) is 4.68 Å². The highest BCUT2D eigenvalue weighted by molar-refractivity contribution is 4.86. The highest BCUT2D eigenvalue weighted by Gasteiger charge is 2.33. The van der Waals surface area contributed by atoms with Gasteiger partial charge in [0.1, 0.15) is 0 Å². The molecule has 1 aliphatic carbocycles. The molecule has 1 aromatic heterocycles. The monoisotopic (exact) mass is 225 g/mol. The van der Waals surface area contributed by atoms with Crippen LogP contribution in [0, 0.1) is 11.8 Å². The number of aromatic nitrogens is 4. The first-order valence-electron chi connectivity index (χ1n) is 5.76. The van der Waals surface area contributed by atoms with Crippen LogP contribution in [0.25, 0.3) is 0 Å². The van der Waals surface area contributed by atoms with Gasteiger partial charge in [0.2, 0.25) is 0 Å². The zero-order valence-corrected chi connectivity index (χ0v) is 9.89. The van der Waals surface area contributed by atoms with Gasteiger partial charge in [-0.05, 0) is 28.7 Å². The lowest BCUT2D eigenvalue weighted by atomic mass is 10.3. The second kappa shape index (κ2) is 5.36. The van der Waals surface area contributed by atoms with Crippen LogP contribution in [-0.2, 0) is 17.8 Å². The van der Waals surface area contributed by atoms with E-state index >= 15 is 0 Å². The van der Waals surface area contributed by atoms with E-state index in [4.69, 9.17) is 4.74 Å². The molecule has 6 heteroatoms. The van der Waals surface area contributed by atoms with Gasteiger partial charge in [-0.1, -0.05) is 6.92 Å². The van der Waals surface area contributed by atoms with E-state index in [1.165, 1.54) is 6.42 Å². The average Bonchev–Trinajstić information content (AvgIpc) is 2.77. The van der Waals surface area contributed by atoms with Crippen molar-refractivity contribution in [2.45, 2.75) is 26.4 Å². The van der Waals surface area contributed by atoms with Gasteiger partial charge in [0.15, 0.2) is 5.82 Å². The van der Waals surface area contributed by atoms with Crippen molar-refractivity contribution in [1.29, 1.82) is 0 Å². The number of rotatable bonds is 7. The van der Waals surface area contributed by atoms with Crippen molar-refractivity contribution in [3.05, 3.63) is 5.82 Å². The van der Waals surface area contributed by atoms with Crippen molar-refractivity contribution < 1.29 is 4.74 Å². The molecular weight excluding hydrogens is 206 g/mol. The topological polar surface area (TPSA) is 64.9 Å². The minimum Gasteiger partial charge on any atom is -0.383 e. The van der Waals surface area contributed by atoms with Crippen LogP contribution in [-0.4, -0.2) is 40.5 Å². The van der Waals surface area contributed by atoms with Crippen LogP contribution in [0.2, 0.25) is 0 Å². The van der Waals surface area contributed by atoms with Crippen molar-refractivity contribution in [2.75, 3.05) is 20.3 Å². The van der Waals surface area contributed by atoms with Crippen LogP contribution >= 0.6 is 0 Å². The van der Waals surface area contributed by atoms with E-state index in [9.17, 15) is 0 Å². The Bertz CT molecular complexity index is 327. The second-order valence-corrected chi connectivity index (χ2v) is 4.42. The Balaban J connectivity index is 1.77. The highest BCUT2D eigenvalue weighted by atomic mass is 16.5. The van der Waals surface area contributed by atoms with Gasteiger partial charge in [0.05, 0.1) is 13.2 Å². The summed E-state index contributed by atoms with van der Waals surface area (Å²) in [5, 5.41) is 15.0. The molecule has 0 saturated heterocycles. The first-order chi connectivity index (χ1) is 7.81. The first-order valence-corrected chi connectivity index (χ1v) is 5.76. The molecule has 1 saturated carbocycles. The molecule has 2 rings (SSSR count). The third-order valence-electron chi connectivity index (χ3n) is 3.06. The van der Waals surface area contributed by atoms with Crippen molar-refractivity contribution in [3.8, 4) is 0 Å². The number of nitrogens with zero attached hydrogens (tertiary/aromatic N) is 4. The number of hydrogen-bond acceptors (Lipinski definition) is 5. The number of tetrazole rings is 1. The summed E-state index contributed by atoms with van der Waals surface area (Å²) in [7, 11) is 1.69. The molecule has 1 heterocycles. The van der Waals surface area contributed by atoms with Crippen LogP contribution < -0.4 is 5.32 Å². The van der Waals surface area contributed by atoms with Crippen LogP contribution in [0.5, 0.6) is 0 Å². The Hall–Kier alpha value is -1.01. The maximum atomic E-state index is 4.96. The summed E-state index contributed by atoms with van der Waals surface area (Å²) in [6, 6.07) is 0. The van der Waals surface area contributed by atoms with Gasteiger partial charge in [-0.2, -0.15) is 0 Å². The summed E-state index contributed by atoms with van der Waals surface area (Å²) in [6.45, 7) is 5.46. The van der Waals surface area contributed by atoms with E-state index in [0.717, 1.165) is 30.7 Å². The third kappa shape index (κ3) is 2.99. The first kappa shape index (κ1) is 11.5. The Morgan fingerprint density at radius 3 is 3.06 bits per heavy atom. The molecule has 0 aliphatic heterocycles. The lowest BCUT2D eigenvalue weighted by Crippen LogP contribution is -2.21. The van der Waals surface area contributed by atoms with Gasteiger partial charge in [-0.3, -0.25) is 0 Å². The Morgan fingerprint density at radius 2 is 2.38 bits per heavy atom. The number of ether oxygens (including phenoxy) is 1. The fourth-order valence-corrected chi connectivity index (χ4v) is 1.74. The summed E-state index contributed by atoms with van der Waals surface area (Å²) >= 11 is 0. The van der Waals surface area contributed by atoms with E-state index in [2.05, 4.69) is 27.8 Å². The fourth-order valence-electron chi connectivity index (χ4n) is 1.74. The normalized spacial score (nSPS) is 23.6. The molecule has 2 unspecified atom stereocenters. The van der Waals surface area contributed by atoms with Crippen molar-refractivity contribution >= 4 is 0 Å². The van der Waals surface area contributed by atoms with Gasteiger partial charge in [-0.15, -0.1) is 5.10 Å². The molecule has 0 aromatic carbocycles. The zero-order valence-electron chi connectivity index (χ0n) is 9.89. The zero-order chi connectivity index (χ0) is 11.4. The SMILES string of the molecule is COCCNCc1nnnn1CC1CC1C. The quantitative estimate of drug-likeness (QED) is 0.665. The molecule has 6 nitrogen and oxygen atoms in total. The standard InChI is InChI=1S/C10H19N5O/c1-8-5-9(8)7-15-10(12-13-14-15)6-11-3-4-16-2/h8-9,11H,3-7H2,1-2H3. The summed E-state index contributed by atoms with van der Waals surface area (Å²) in [6.07, 6.45) is 1.30. The van der Waals surface area contributed by atoms with Crippen LogP contribution in [0.1, 0.15) is 19.2 Å². The molecule has 0 spiro atoms. The largest absolute Gasteiger partial charge is 0.383 e. The predicted molar refractivity (Wildman–Crippen MR) is 58.7 cm³/mol. The molecule has 0 amide bonds. The van der Waals surface area contributed by atoms with E-state index in [-0.39, 0.29) is 0 Å². The summed E-state index contributed by atoms with van der Waals surface area (Å²) < 4.78 is 6.87. The summed E-state index contributed by atoms with van der Waals surface area (Å²) in [5.74, 6) is 2.51. The number of nitrogens with one attached hydrogen (secondary N) is 1. The average molecular weight is 225 g/mol. The van der Waals surface area contributed by atoms with Crippen LogP contribution in [0.4, 0.5) is 0 Å². The third-order valence-corrected chi connectivity index (χ3v) is 3.06. The number of hydrogen-bond donors (Lipinski definition) is 1. The Labute approximate surface area is 95.4 Å². The van der Waals surface area contributed by atoms with Gasteiger partial charge in [0.25, 0.3) is 0 Å². The maximum Gasteiger partial charge on any atom is 0.165 e. The van der Waals surface area contributed by atoms with Gasteiger partial charge in [-0.25, -0.2) is 4.68 Å². The minimum atomic E-state index is 0.706. The van der Waals surface area contributed by atoms with E-state index in [0.29, 0.717) is 13.2 Å². The molecule has 16 heavy (non-hydrogen) atoms. The molecular formula is C10H19N5O. The molecule has 90 valence electrons. The van der Waals surface area contributed by atoms with Gasteiger partial charge < -0.3 is 10.1 Å². The maximum absolute atomic E-state index is 4.96. The second-order valence-electron chi connectivity index (χ2n) is 4.42. The molecule has 1 aromatic rings. The molecule has 0 bridgehead atoms. The molecule has 0 radical (unpaired) electrons. The lowest BCUT2D eigenvalue weighted by molar-refractivity contribution is 0.198. The number of methoxy groups -OCH3 is 1. The predicted octanol–water partition coefficient (Wildman–Crippen LogP) is 0.0651. The van der Waals surface area contributed by atoms with Crippen molar-refractivity contribution in [1.82, 2.24) is 25.5 Å². The van der Waals surface area contributed by atoms with Crippen LogP contribution in [0.3, 0.4) is 0 Å². The van der Waals surface area contributed by atoms with Gasteiger partial charge >= 0.3 is 0 Å².